The van der Waals surface area contributed by atoms with Crippen LogP contribution in [-0.2, 0) is 5.33 Å². The van der Waals surface area contributed by atoms with Gasteiger partial charge in [-0.1, -0.05) is 15.9 Å². The molecule has 0 bridgehead atoms. The Morgan fingerprint density at radius 1 is 1.33 bits per heavy atom. The van der Waals surface area contributed by atoms with Crippen molar-refractivity contribution in [3.63, 3.8) is 0 Å². The van der Waals surface area contributed by atoms with E-state index in [0.29, 0.717) is 16.6 Å². The lowest BCUT2D eigenvalue weighted by Gasteiger charge is -2.09. The average Bonchev–Trinajstić information content (AvgIpc) is 2.08. The van der Waals surface area contributed by atoms with E-state index in [2.05, 4.69) is 15.9 Å². The highest BCUT2D eigenvalue weighted by Gasteiger charge is 2.11. The summed E-state index contributed by atoms with van der Waals surface area (Å²) in [4.78, 5) is 0. The second-order valence-electron chi connectivity index (χ2n) is 2.25. The number of alkyl halides is 1. The molecule has 1 aromatic carbocycles. The smallest absolute Gasteiger partial charge is 0.168 e. The summed E-state index contributed by atoms with van der Waals surface area (Å²) in [5.74, 6) is 0.457. The molecule has 0 aliphatic carbocycles. The molecule has 0 amide bonds. The predicted octanol–water partition coefficient (Wildman–Crippen LogP) is 2.00. The van der Waals surface area contributed by atoms with Gasteiger partial charge in [0, 0.05) is 5.33 Å². The zero-order valence-electron chi connectivity index (χ0n) is 6.54. The average molecular weight is 233 g/mol. The molecule has 66 valence electrons. The molecule has 0 unspecified atom stereocenters. The molecule has 0 heterocycles. The third-order valence-corrected chi connectivity index (χ3v) is 2.11. The van der Waals surface area contributed by atoms with Crippen LogP contribution in [-0.4, -0.2) is 17.3 Å². The van der Waals surface area contributed by atoms with E-state index < -0.39 is 0 Å². The van der Waals surface area contributed by atoms with E-state index in [1.165, 1.54) is 19.2 Å². The number of phenols is 2. The molecule has 1 aromatic rings. The van der Waals surface area contributed by atoms with Gasteiger partial charge in [0.25, 0.3) is 0 Å². The second kappa shape index (κ2) is 3.67. The van der Waals surface area contributed by atoms with Crippen LogP contribution in [0.15, 0.2) is 12.1 Å². The van der Waals surface area contributed by atoms with Gasteiger partial charge in [-0.25, -0.2) is 0 Å². The molecule has 1 rings (SSSR count). The predicted molar refractivity (Wildman–Crippen MR) is 49.0 cm³/mol. The summed E-state index contributed by atoms with van der Waals surface area (Å²) in [5, 5.41) is 19.1. The van der Waals surface area contributed by atoms with Crippen molar-refractivity contribution in [1.29, 1.82) is 0 Å². The van der Waals surface area contributed by atoms with Crippen molar-refractivity contribution in [2.45, 2.75) is 5.33 Å². The quantitative estimate of drug-likeness (QED) is 0.606. The van der Waals surface area contributed by atoms with Crippen LogP contribution in [0.25, 0.3) is 0 Å². The largest absolute Gasteiger partial charge is 0.507 e. The Kier molecular flexibility index (Phi) is 2.81. The molecule has 0 aliphatic rings. The Bertz CT molecular complexity index is 257. The van der Waals surface area contributed by atoms with Crippen molar-refractivity contribution in [3.05, 3.63) is 17.7 Å². The molecule has 3 nitrogen and oxygen atoms in total. The summed E-state index contributed by atoms with van der Waals surface area (Å²) in [6.07, 6.45) is 0. The first-order chi connectivity index (χ1) is 5.70. The summed E-state index contributed by atoms with van der Waals surface area (Å²) in [7, 11) is 1.45. The van der Waals surface area contributed by atoms with Gasteiger partial charge in [0.2, 0.25) is 0 Å². The Balaban J connectivity index is 3.28. The molecule has 4 heteroatoms. The fourth-order valence-corrected chi connectivity index (χ4v) is 1.50. The summed E-state index contributed by atoms with van der Waals surface area (Å²) in [6, 6.07) is 2.81. The lowest BCUT2D eigenvalue weighted by Crippen LogP contribution is -1.90. The Labute approximate surface area is 78.7 Å². The zero-order valence-corrected chi connectivity index (χ0v) is 8.13. The van der Waals surface area contributed by atoms with Crippen molar-refractivity contribution >= 4 is 15.9 Å². The maximum atomic E-state index is 9.33. The first-order valence-electron chi connectivity index (χ1n) is 3.34. The summed E-state index contributed by atoms with van der Waals surface area (Å²) in [6.45, 7) is 0. The fourth-order valence-electron chi connectivity index (χ4n) is 0.962. The number of aromatic hydroxyl groups is 2. The van der Waals surface area contributed by atoms with Crippen LogP contribution in [0, 0.1) is 0 Å². The van der Waals surface area contributed by atoms with Gasteiger partial charge < -0.3 is 14.9 Å². The summed E-state index contributed by atoms with van der Waals surface area (Å²) in [5.41, 5.74) is 0.553. The van der Waals surface area contributed by atoms with Gasteiger partial charge in [0.1, 0.15) is 5.75 Å². The Morgan fingerprint density at radius 3 is 2.33 bits per heavy atom. The molecule has 0 spiro atoms. The van der Waals surface area contributed by atoms with Gasteiger partial charge >= 0.3 is 0 Å². The van der Waals surface area contributed by atoms with Crippen LogP contribution >= 0.6 is 15.9 Å². The third-order valence-electron chi connectivity index (χ3n) is 1.55. The van der Waals surface area contributed by atoms with Gasteiger partial charge in [-0.3, -0.25) is 0 Å². The van der Waals surface area contributed by atoms with Crippen LogP contribution in [0.4, 0.5) is 0 Å². The van der Waals surface area contributed by atoms with E-state index >= 15 is 0 Å². The van der Waals surface area contributed by atoms with E-state index in [1.807, 2.05) is 0 Å². The number of hydrogen-bond donors (Lipinski definition) is 2. The molecule has 0 saturated heterocycles. The highest BCUT2D eigenvalue weighted by molar-refractivity contribution is 9.08. The third kappa shape index (κ3) is 1.48. The van der Waals surface area contributed by atoms with Gasteiger partial charge in [-0.2, -0.15) is 0 Å². The molecular weight excluding hydrogens is 224 g/mol. The number of methoxy groups -OCH3 is 1. The SMILES string of the molecule is COc1c(O)ccc(O)c1CBr. The molecule has 0 saturated carbocycles. The molecule has 12 heavy (non-hydrogen) atoms. The topological polar surface area (TPSA) is 49.7 Å². The van der Waals surface area contributed by atoms with E-state index in [4.69, 9.17) is 4.74 Å². The molecule has 0 aromatic heterocycles. The number of rotatable bonds is 2. The molecule has 0 fully saturated rings. The fraction of sp³-hybridized carbons (Fsp3) is 0.250. The van der Waals surface area contributed by atoms with Gasteiger partial charge in [0.05, 0.1) is 12.7 Å². The first-order valence-corrected chi connectivity index (χ1v) is 4.46. The normalized spacial score (nSPS) is 9.83. The van der Waals surface area contributed by atoms with Crippen LogP contribution in [0.3, 0.4) is 0 Å². The van der Waals surface area contributed by atoms with Crippen molar-refractivity contribution in [2.24, 2.45) is 0 Å². The van der Waals surface area contributed by atoms with Crippen molar-refractivity contribution < 1.29 is 14.9 Å². The highest BCUT2D eigenvalue weighted by Crippen LogP contribution is 2.36. The van der Waals surface area contributed by atoms with Crippen LogP contribution < -0.4 is 4.74 Å². The van der Waals surface area contributed by atoms with Crippen LogP contribution in [0.2, 0.25) is 0 Å². The monoisotopic (exact) mass is 232 g/mol. The number of benzene rings is 1. The van der Waals surface area contributed by atoms with E-state index in [-0.39, 0.29) is 11.5 Å². The van der Waals surface area contributed by atoms with Gasteiger partial charge in [-0.15, -0.1) is 0 Å². The van der Waals surface area contributed by atoms with Crippen LogP contribution in [0.5, 0.6) is 17.2 Å². The van der Waals surface area contributed by atoms with E-state index in [9.17, 15) is 10.2 Å². The summed E-state index contributed by atoms with van der Waals surface area (Å²) >= 11 is 3.18. The highest BCUT2D eigenvalue weighted by atomic mass is 79.9. The minimum Gasteiger partial charge on any atom is -0.507 e. The van der Waals surface area contributed by atoms with Gasteiger partial charge in [0.15, 0.2) is 11.5 Å². The Hall–Kier alpha value is -0.900. The van der Waals surface area contributed by atoms with E-state index in [0.717, 1.165) is 0 Å². The van der Waals surface area contributed by atoms with Crippen molar-refractivity contribution in [1.82, 2.24) is 0 Å². The zero-order chi connectivity index (χ0) is 9.14. The number of halogens is 1. The molecule has 0 radical (unpaired) electrons. The molecular formula is C8H9BrO3. The molecule has 2 N–H and O–H groups in total. The maximum Gasteiger partial charge on any atom is 0.168 e. The van der Waals surface area contributed by atoms with Crippen LogP contribution in [0.1, 0.15) is 5.56 Å². The van der Waals surface area contributed by atoms with Crippen molar-refractivity contribution in [3.8, 4) is 17.2 Å². The maximum absolute atomic E-state index is 9.33. The van der Waals surface area contributed by atoms with Gasteiger partial charge in [-0.05, 0) is 12.1 Å². The first kappa shape index (κ1) is 9.19. The minimum absolute atomic E-state index is 0.0322. The van der Waals surface area contributed by atoms with Crippen molar-refractivity contribution in [2.75, 3.05) is 7.11 Å². The minimum atomic E-state index is 0.0322. The molecule has 0 aliphatic heterocycles. The number of phenolic OH excluding ortho intramolecular Hbond substituents is 2. The van der Waals surface area contributed by atoms with E-state index in [1.54, 1.807) is 0 Å². The Morgan fingerprint density at radius 2 is 1.92 bits per heavy atom. The summed E-state index contributed by atoms with van der Waals surface area (Å²) < 4.78 is 4.91. The number of ether oxygens (including phenoxy) is 1. The molecule has 0 atom stereocenters. The lowest BCUT2D eigenvalue weighted by molar-refractivity contribution is 0.364. The standard InChI is InChI=1S/C8H9BrO3/c1-12-8-5(4-9)6(10)2-3-7(8)11/h2-3,10-11H,4H2,1H3. The second-order valence-corrected chi connectivity index (χ2v) is 2.81. The number of hydrogen-bond acceptors (Lipinski definition) is 3. The lowest BCUT2D eigenvalue weighted by atomic mass is 10.2.